The Hall–Kier alpha value is 0.240. The zero-order valence-electron chi connectivity index (χ0n) is 20.9. The van der Waals surface area contributed by atoms with Crippen molar-refractivity contribution in [2.45, 2.75) is 161 Å². The molecule has 0 aliphatic carbocycles. The first-order valence-corrected chi connectivity index (χ1v) is 14.9. The van der Waals surface area contributed by atoms with E-state index >= 15 is 0 Å². The van der Waals surface area contributed by atoms with Crippen LogP contribution in [0.15, 0.2) is 0 Å². The van der Waals surface area contributed by atoms with Crippen LogP contribution in [0.5, 0.6) is 0 Å². The Balaban J connectivity index is 3.62. The molecule has 2 N–H and O–H groups in total. The van der Waals surface area contributed by atoms with Crippen LogP contribution in [-0.4, -0.2) is 9.57 Å². The minimum absolute atomic E-state index is 0.645. The van der Waals surface area contributed by atoms with Crippen LogP contribution in [0.2, 0.25) is 0 Å². The van der Waals surface area contributed by atoms with Crippen LogP contribution in [0.25, 0.3) is 0 Å². The van der Waals surface area contributed by atoms with Crippen molar-refractivity contribution in [3.05, 3.63) is 0 Å². The standard InChI is InChI=1S/C27H55NS2/c1-4-7-9-10-11-12-13-14-15-16-17-18-19-20-21-23-26(30-27(28)29)24-25(6-3)22-8-5-2/h25-26H,4-24H2,1-3H3,(H2,28,29). The van der Waals surface area contributed by atoms with E-state index in [4.69, 9.17) is 18.0 Å². The SMILES string of the molecule is CCCCCCCCCCCCCCCCCC(CC(CC)CCCC)SC(N)=S. The first-order chi connectivity index (χ1) is 14.6. The summed E-state index contributed by atoms with van der Waals surface area (Å²) in [7, 11) is 0. The summed E-state index contributed by atoms with van der Waals surface area (Å²) in [4.78, 5) is 0. The highest BCUT2D eigenvalue weighted by Gasteiger charge is 2.16. The topological polar surface area (TPSA) is 26.0 Å². The molecule has 0 saturated carbocycles. The van der Waals surface area contributed by atoms with E-state index in [2.05, 4.69) is 20.8 Å². The van der Waals surface area contributed by atoms with Gasteiger partial charge in [0.1, 0.15) is 4.32 Å². The van der Waals surface area contributed by atoms with Crippen molar-refractivity contribution in [2.24, 2.45) is 11.7 Å². The largest absolute Gasteiger partial charge is 0.385 e. The molecule has 0 aromatic rings. The molecule has 30 heavy (non-hydrogen) atoms. The summed E-state index contributed by atoms with van der Waals surface area (Å²) in [5.74, 6) is 0.855. The molecule has 0 rings (SSSR count). The first-order valence-electron chi connectivity index (χ1n) is 13.6. The second kappa shape index (κ2) is 23.9. The number of unbranched alkanes of at least 4 members (excludes halogenated alkanes) is 15. The van der Waals surface area contributed by atoms with Crippen LogP contribution < -0.4 is 5.73 Å². The Morgan fingerprint density at radius 1 is 0.633 bits per heavy atom. The van der Waals surface area contributed by atoms with E-state index in [1.165, 1.54) is 135 Å². The third-order valence-electron chi connectivity index (χ3n) is 6.55. The maximum atomic E-state index is 5.86. The molecule has 0 fully saturated rings. The summed E-state index contributed by atoms with van der Waals surface area (Å²) in [5.41, 5.74) is 5.86. The second-order valence-electron chi connectivity index (χ2n) is 9.45. The minimum atomic E-state index is 0.645. The van der Waals surface area contributed by atoms with E-state index in [9.17, 15) is 0 Å². The Kier molecular flexibility index (Phi) is 24.1. The van der Waals surface area contributed by atoms with Crippen LogP contribution in [-0.2, 0) is 0 Å². The van der Waals surface area contributed by atoms with Crippen molar-refractivity contribution in [2.75, 3.05) is 0 Å². The van der Waals surface area contributed by atoms with E-state index < -0.39 is 0 Å². The molecule has 0 bridgehead atoms. The number of hydrogen-bond donors (Lipinski definition) is 1. The van der Waals surface area contributed by atoms with Crippen molar-refractivity contribution >= 4 is 28.3 Å². The summed E-state index contributed by atoms with van der Waals surface area (Å²) in [5, 5.41) is 0.645. The van der Waals surface area contributed by atoms with Gasteiger partial charge < -0.3 is 5.73 Å². The number of rotatable bonds is 23. The molecule has 0 heterocycles. The Bertz CT molecular complexity index is 359. The molecule has 0 saturated heterocycles. The van der Waals surface area contributed by atoms with Gasteiger partial charge >= 0.3 is 0 Å². The van der Waals surface area contributed by atoms with E-state index in [0.717, 1.165) is 5.92 Å². The van der Waals surface area contributed by atoms with Crippen LogP contribution in [0.4, 0.5) is 0 Å². The number of thiocarbonyl (C=S) groups is 1. The van der Waals surface area contributed by atoms with Crippen LogP contribution in [0.3, 0.4) is 0 Å². The monoisotopic (exact) mass is 457 g/mol. The van der Waals surface area contributed by atoms with Gasteiger partial charge in [-0.2, -0.15) is 0 Å². The zero-order chi connectivity index (χ0) is 22.3. The molecule has 0 aliphatic rings. The zero-order valence-corrected chi connectivity index (χ0v) is 22.5. The van der Waals surface area contributed by atoms with Gasteiger partial charge in [0, 0.05) is 5.25 Å². The highest BCUT2D eigenvalue weighted by atomic mass is 32.2. The fourth-order valence-electron chi connectivity index (χ4n) is 4.49. The average molecular weight is 458 g/mol. The lowest BCUT2D eigenvalue weighted by Crippen LogP contribution is -2.16. The lowest BCUT2D eigenvalue weighted by molar-refractivity contribution is 0.406. The fourth-order valence-corrected chi connectivity index (χ4v) is 5.88. The Morgan fingerprint density at radius 3 is 1.47 bits per heavy atom. The second-order valence-corrected chi connectivity index (χ2v) is 11.5. The molecule has 0 aromatic heterocycles. The van der Waals surface area contributed by atoms with Gasteiger partial charge in [0.2, 0.25) is 0 Å². The first kappa shape index (κ1) is 30.2. The summed E-state index contributed by atoms with van der Waals surface area (Å²) in [6.45, 7) is 6.94. The van der Waals surface area contributed by atoms with Gasteiger partial charge in [0.15, 0.2) is 0 Å². The van der Waals surface area contributed by atoms with Gasteiger partial charge in [0.05, 0.1) is 0 Å². The summed E-state index contributed by atoms with van der Waals surface area (Å²) in [6, 6.07) is 0. The predicted molar refractivity (Wildman–Crippen MR) is 146 cm³/mol. The Labute approximate surface area is 200 Å². The van der Waals surface area contributed by atoms with Gasteiger partial charge in [-0.05, 0) is 18.8 Å². The van der Waals surface area contributed by atoms with Gasteiger partial charge in [-0.15, -0.1) is 0 Å². The summed E-state index contributed by atoms with van der Waals surface area (Å²) >= 11 is 6.97. The van der Waals surface area contributed by atoms with Gasteiger partial charge in [-0.1, -0.05) is 167 Å². The fraction of sp³-hybridized carbons (Fsp3) is 0.963. The molecule has 3 heteroatoms. The molecule has 1 nitrogen and oxygen atoms in total. The molecule has 0 aromatic carbocycles. The highest BCUT2D eigenvalue weighted by molar-refractivity contribution is 8.23. The van der Waals surface area contributed by atoms with Crippen LogP contribution in [0, 0.1) is 5.92 Å². The number of nitrogens with two attached hydrogens (primary N) is 1. The van der Waals surface area contributed by atoms with Gasteiger partial charge in [-0.3, -0.25) is 0 Å². The van der Waals surface area contributed by atoms with Crippen molar-refractivity contribution < 1.29 is 0 Å². The quantitative estimate of drug-likeness (QED) is 0.122. The van der Waals surface area contributed by atoms with Crippen molar-refractivity contribution in [3.63, 3.8) is 0 Å². The van der Waals surface area contributed by atoms with Gasteiger partial charge in [0.25, 0.3) is 0 Å². The molecule has 0 radical (unpaired) electrons. The summed E-state index contributed by atoms with van der Waals surface area (Å²) in [6.07, 6.45) is 29.4. The lowest BCUT2D eigenvalue weighted by atomic mass is 9.92. The number of hydrogen-bond acceptors (Lipinski definition) is 2. The molecule has 0 amide bonds. The molecular weight excluding hydrogens is 402 g/mol. The molecule has 2 unspecified atom stereocenters. The third kappa shape index (κ3) is 21.5. The molecule has 0 aliphatic heterocycles. The molecule has 2 atom stereocenters. The Morgan fingerprint density at radius 2 is 1.07 bits per heavy atom. The lowest BCUT2D eigenvalue weighted by Gasteiger charge is -2.22. The van der Waals surface area contributed by atoms with Crippen LogP contribution >= 0.6 is 24.0 Å². The highest BCUT2D eigenvalue weighted by Crippen LogP contribution is 2.29. The maximum Gasteiger partial charge on any atom is 0.131 e. The van der Waals surface area contributed by atoms with Crippen molar-refractivity contribution in [3.8, 4) is 0 Å². The third-order valence-corrected chi connectivity index (χ3v) is 7.83. The van der Waals surface area contributed by atoms with Crippen molar-refractivity contribution in [1.82, 2.24) is 0 Å². The molecule has 0 spiro atoms. The minimum Gasteiger partial charge on any atom is -0.385 e. The predicted octanol–water partition coefficient (Wildman–Crippen LogP) is 10.2. The maximum absolute atomic E-state index is 5.86. The van der Waals surface area contributed by atoms with E-state index in [0.29, 0.717) is 9.57 Å². The van der Waals surface area contributed by atoms with Gasteiger partial charge in [-0.25, -0.2) is 0 Å². The van der Waals surface area contributed by atoms with E-state index in [-0.39, 0.29) is 0 Å². The summed E-state index contributed by atoms with van der Waals surface area (Å²) < 4.78 is 0.645. The number of thioether (sulfide) groups is 1. The normalized spacial score (nSPS) is 13.4. The molecule has 180 valence electrons. The van der Waals surface area contributed by atoms with E-state index in [1.54, 1.807) is 11.8 Å². The smallest absolute Gasteiger partial charge is 0.131 e. The average Bonchev–Trinajstić information content (AvgIpc) is 2.73. The van der Waals surface area contributed by atoms with Crippen molar-refractivity contribution in [1.29, 1.82) is 0 Å². The van der Waals surface area contributed by atoms with Crippen LogP contribution in [0.1, 0.15) is 156 Å². The van der Waals surface area contributed by atoms with E-state index in [1.807, 2.05) is 0 Å². The molecular formula is C27H55NS2.